The van der Waals surface area contributed by atoms with Crippen LogP contribution in [0.2, 0.25) is 0 Å². The maximum absolute atomic E-state index is 12.5. The number of esters is 1. The molecular weight excluding hydrogens is 899 g/mol. The minimum Gasteiger partial charge on any atom is -0.466 e. The molecule has 2 unspecified atom stereocenters. The fraction of sp³-hybridized carbons (Fsp3) is 0.881. The minimum absolute atomic E-state index is 0.00306. The first kappa shape index (κ1) is 71.1. The first-order valence-corrected chi connectivity index (χ1v) is 32.7. The molecule has 430 valence electrons. The van der Waals surface area contributed by atoms with Crippen molar-refractivity contribution in [3.8, 4) is 0 Å². The third-order valence-electron chi connectivity index (χ3n) is 15.2. The molecule has 1 amide bonds. The van der Waals surface area contributed by atoms with Gasteiger partial charge in [0.25, 0.3) is 0 Å². The summed E-state index contributed by atoms with van der Waals surface area (Å²) in [5.41, 5.74) is 0. The molecule has 0 aliphatic heterocycles. The topological polar surface area (TPSA) is 95.9 Å². The molecule has 0 radical (unpaired) electrons. The summed E-state index contributed by atoms with van der Waals surface area (Å²) in [5, 5.41) is 23.2. The highest BCUT2D eigenvalue weighted by Crippen LogP contribution is 2.18. The molecule has 73 heavy (non-hydrogen) atoms. The van der Waals surface area contributed by atoms with Crippen molar-refractivity contribution < 1.29 is 24.5 Å². The standard InChI is InChI=1S/C67H127NO5/c1-3-5-7-9-11-13-15-16-17-34-37-41-45-49-53-57-61-67(72)73-62-58-54-50-46-42-38-35-32-30-28-26-24-22-20-18-19-21-23-25-27-29-31-33-36-40-44-48-52-56-60-66(71)68-64(63-69)65(70)59-55-51-47-43-39-14-12-10-8-6-4-2/h13,15,17-18,20,34,64-65,69-70H,3-12,14,16,19,21-33,35-63H2,1-2H3,(H,68,71)/b15-13-,20-18-,34-17-. The molecule has 0 heterocycles. The number of ether oxygens (including phenoxy) is 1. The molecule has 6 heteroatoms. The Morgan fingerprint density at radius 1 is 0.384 bits per heavy atom. The number of aliphatic hydroxyl groups is 2. The lowest BCUT2D eigenvalue weighted by atomic mass is 10.0. The van der Waals surface area contributed by atoms with E-state index in [2.05, 4.69) is 55.6 Å². The number of amides is 1. The van der Waals surface area contributed by atoms with Crippen LogP contribution in [0.1, 0.15) is 354 Å². The monoisotopic (exact) mass is 1030 g/mol. The van der Waals surface area contributed by atoms with Crippen molar-refractivity contribution in [3.05, 3.63) is 36.5 Å². The van der Waals surface area contributed by atoms with Gasteiger partial charge in [-0.15, -0.1) is 0 Å². The summed E-state index contributed by atoms with van der Waals surface area (Å²) in [5.74, 6) is -0.0312. The van der Waals surface area contributed by atoms with Gasteiger partial charge in [-0.25, -0.2) is 0 Å². The Morgan fingerprint density at radius 3 is 1.07 bits per heavy atom. The molecule has 0 rings (SSSR count). The van der Waals surface area contributed by atoms with Crippen LogP contribution in [0.15, 0.2) is 36.5 Å². The van der Waals surface area contributed by atoms with Gasteiger partial charge in [0.2, 0.25) is 5.91 Å². The van der Waals surface area contributed by atoms with E-state index >= 15 is 0 Å². The summed E-state index contributed by atoms with van der Waals surface area (Å²) in [6.07, 6.45) is 78.9. The second-order valence-electron chi connectivity index (χ2n) is 22.4. The molecule has 0 bridgehead atoms. The zero-order valence-electron chi connectivity index (χ0n) is 49.1. The highest BCUT2D eigenvalue weighted by Gasteiger charge is 2.20. The molecule has 0 aliphatic rings. The number of aliphatic hydroxyl groups excluding tert-OH is 2. The van der Waals surface area contributed by atoms with Gasteiger partial charge in [-0.1, -0.05) is 294 Å². The van der Waals surface area contributed by atoms with Gasteiger partial charge >= 0.3 is 5.97 Å². The van der Waals surface area contributed by atoms with Crippen molar-refractivity contribution in [1.82, 2.24) is 5.32 Å². The summed E-state index contributed by atoms with van der Waals surface area (Å²) >= 11 is 0. The van der Waals surface area contributed by atoms with E-state index in [1.165, 1.54) is 270 Å². The van der Waals surface area contributed by atoms with Crippen LogP contribution in [0.25, 0.3) is 0 Å². The summed E-state index contributed by atoms with van der Waals surface area (Å²) in [7, 11) is 0. The molecule has 0 spiro atoms. The van der Waals surface area contributed by atoms with Gasteiger partial charge in [-0.3, -0.25) is 9.59 Å². The Hall–Kier alpha value is -1.92. The molecule has 0 aromatic rings. The summed E-state index contributed by atoms with van der Waals surface area (Å²) in [4.78, 5) is 24.5. The highest BCUT2D eigenvalue weighted by atomic mass is 16.5. The van der Waals surface area contributed by atoms with Crippen LogP contribution in [0.4, 0.5) is 0 Å². The van der Waals surface area contributed by atoms with Crippen molar-refractivity contribution in [1.29, 1.82) is 0 Å². The van der Waals surface area contributed by atoms with Crippen molar-refractivity contribution in [3.63, 3.8) is 0 Å². The number of unbranched alkanes of at least 4 members (excludes halogenated alkanes) is 44. The van der Waals surface area contributed by atoms with Crippen molar-refractivity contribution in [2.75, 3.05) is 13.2 Å². The van der Waals surface area contributed by atoms with Crippen LogP contribution in [0.3, 0.4) is 0 Å². The van der Waals surface area contributed by atoms with Gasteiger partial charge in [0.05, 0.1) is 25.4 Å². The first-order chi connectivity index (χ1) is 36.0. The largest absolute Gasteiger partial charge is 0.466 e. The van der Waals surface area contributed by atoms with Gasteiger partial charge in [-0.2, -0.15) is 0 Å². The maximum atomic E-state index is 12.5. The lowest BCUT2D eigenvalue weighted by molar-refractivity contribution is -0.143. The Balaban J connectivity index is 3.35. The SMILES string of the molecule is CCCCCC/C=C\C/C=C\CCCCCCCC(=O)OCCCCCCCCCCCCCC/C=C\CCCCCCCCCCCCCCCC(=O)NC(CO)C(O)CCCCCCCCCCCCC. The van der Waals surface area contributed by atoms with Crippen molar-refractivity contribution >= 4 is 11.9 Å². The Labute approximate surface area is 455 Å². The fourth-order valence-electron chi connectivity index (χ4n) is 10.1. The van der Waals surface area contributed by atoms with E-state index in [1.807, 2.05) is 0 Å². The Kier molecular flexibility index (Phi) is 61.0. The van der Waals surface area contributed by atoms with Gasteiger partial charge in [0.15, 0.2) is 0 Å². The number of allylic oxidation sites excluding steroid dienone is 6. The molecule has 0 fully saturated rings. The van der Waals surface area contributed by atoms with Gasteiger partial charge in [0, 0.05) is 12.8 Å². The first-order valence-electron chi connectivity index (χ1n) is 32.7. The Morgan fingerprint density at radius 2 is 0.685 bits per heavy atom. The van der Waals surface area contributed by atoms with Crippen LogP contribution >= 0.6 is 0 Å². The van der Waals surface area contributed by atoms with E-state index in [0.717, 1.165) is 51.4 Å². The van der Waals surface area contributed by atoms with Crippen LogP contribution in [0.5, 0.6) is 0 Å². The van der Waals surface area contributed by atoms with E-state index < -0.39 is 12.1 Å². The van der Waals surface area contributed by atoms with E-state index in [9.17, 15) is 19.8 Å². The smallest absolute Gasteiger partial charge is 0.305 e. The van der Waals surface area contributed by atoms with Crippen LogP contribution in [0, 0.1) is 0 Å². The zero-order valence-corrected chi connectivity index (χ0v) is 49.1. The van der Waals surface area contributed by atoms with Crippen LogP contribution in [-0.2, 0) is 14.3 Å². The van der Waals surface area contributed by atoms with Gasteiger partial charge < -0.3 is 20.3 Å². The van der Waals surface area contributed by atoms with Gasteiger partial charge in [-0.05, 0) is 83.5 Å². The summed E-state index contributed by atoms with van der Waals surface area (Å²) in [6.45, 7) is 4.94. The molecule has 0 aliphatic carbocycles. The molecule has 6 nitrogen and oxygen atoms in total. The zero-order chi connectivity index (χ0) is 52.9. The molecule has 0 saturated carbocycles. The lowest BCUT2D eigenvalue weighted by Crippen LogP contribution is -2.45. The fourth-order valence-corrected chi connectivity index (χ4v) is 10.1. The van der Waals surface area contributed by atoms with E-state index in [-0.39, 0.29) is 18.5 Å². The van der Waals surface area contributed by atoms with E-state index in [0.29, 0.717) is 25.9 Å². The van der Waals surface area contributed by atoms with Crippen molar-refractivity contribution in [2.45, 2.75) is 366 Å². The lowest BCUT2D eigenvalue weighted by Gasteiger charge is -2.22. The number of nitrogens with one attached hydrogen (secondary N) is 1. The van der Waals surface area contributed by atoms with Crippen LogP contribution in [-0.4, -0.2) is 47.4 Å². The average Bonchev–Trinajstić information content (AvgIpc) is 3.39. The molecule has 0 aromatic heterocycles. The van der Waals surface area contributed by atoms with E-state index in [4.69, 9.17) is 4.74 Å². The third-order valence-corrected chi connectivity index (χ3v) is 15.2. The minimum atomic E-state index is -0.662. The normalized spacial score (nSPS) is 12.8. The molecular formula is C67H127NO5. The number of rotatable bonds is 61. The van der Waals surface area contributed by atoms with Gasteiger partial charge in [0.1, 0.15) is 0 Å². The number of hydrogen-bond acceptors (Lipinski definition) is 5. The second-order valence-corrected chi connectivity index (χ2v) is 22.4. The number of hydrogen-bond donors (Lipinski definition) is 3. The number of carbonyl (C=O) groups excluding carboxylic acids is 2. The summed E-state index contributed by atoms with van der Waals surface area (Å²) in [6, 6.07) is -0.539. The van der Waals surface area contributed by atoms with Crippen LogP contribution < -0.4 is 5.32 Å². The molecule has 3 N–H and O–H groups in total. The number of carbonyl (C=O) groups is 2. The quantitative estimate of drug-likeness (QED) is 0.0320. The second kappa shape index (κ2) is 62.6. The van der Waals surface area contributed by atoms with Crippen molar-refractivity contribution in [2.24, 2.45) is 0 Å². The van der Waals surface area contributed by atoms with E-state index in [1.54, 1.807) is 0 Å². The highest BCUT2D eigenvalue weighted by molar-refractivity contribution is 5.76. The summed E-state index contributed by atoms with van der Waals surface area (Å²) < 4.78 is 5.49. The molecule has 0 aromatic carbocycles. The predicted molar refractivity (Wildman–Crippen MR) is 319 cm³/mol. The maximum Gasteiger partial charge on any atom is 0.305 e. The average molecular weight is 1030 g/mol. The molecule has 0 saturated heterocycles. The Bertz CT molecular complexity index is 1180. The third kappa shape index (κ3) is 59.2. The predicted octanol–water partition coefficient (Wildman–Crippen LogP) is 20.8. The molecule has 2 atom stereocenters.